The van der Waals surface area contributed by atoms with E-state index in [0.717, 1.165) is 44.2 Å². The van der Waals surface area contributed by atoms with Gasteiger partial charge in [0.05, 0.1) is 11.7 Å². The van der Waals surface area contributed by atoms with Crippen LogP contribution in [0.2, 0.25) is 0 Å². The fourth-order valence-corrected chi connectivity index (χ4v) is 3.98. The summed E-state index contributed by atoms with van der Waals surface area (Å²) in [5.41, 5.74) is -2.28. The molecule has 1 heterocycles. The van der Waals surface area contributed by atoms with Crippen molar-refractivity contribution in [3.05, 3.63) is 29.8 Å². The van der Waals surface area contributed by atoms with Crippen LogP contribution in [0.1, 0.15) is 38.5 Å². The lowest BCUT2D eigenvalue weighted by Crippen LogP contribution is -2.62. The molecule has 146 valence electrons. The molecule has 0 aromatic heterocycles. The minimum absolute atomic E-state index is 0.0903. The van der Waals surface area contributed by atoms with Gasteiger partial charge in [0, 0.05) is 25.7 Å². The molecule has 0 radical (unpaired) electrons. The van der Waals surface area contributed by atoms with Gasteiger partial charge in [0.25, 0.3) is 0 Å². The molecule has 1 aromatic carbocycles. The van der Waals surface area contributed by atoms with Gasteiger partial charge < -0.3 is 20.1 Å². The van der Waals surface area contributed by atoms with E-state index in [4.69, 9.17) is 4.74 Å². The maximum absolute atomic E-state index is 13.3. The quantitative estimate of drug-likeness (QED) is 0.737. The van der Waals surface area contributed by atoms with E-state index >= 15 is 0 Å². The second-order valence-electron chi connectivity index (χ2n) is 7.77. The zero-order valence-corrected chi connectivity index (χ0v) is 14.8. The Bertz CT molecular complexity index is 624. The van der Waals surface area contributed by atoms with Crippen LogP contribution in [-0.4, -0.2) is 63.8 Å². The van der Waals surface area contributed by atoms with E-state index in [1.807, 2.05) is 4.90 Å². The average Bonchev–Trinajstić information content (AvgIpc) is 2.60. The molecule has 0 bridgehead atoms. The first-order chi connectivity index (χ1) is 12.3. The number of nitrogens with zero attached hydrogens (tertiary/aromatic N) is 1. The zero-order chi connectivity index (χ0) is 18.8. The highest BCUT2D eigenvalue weighted by Gasteiger charge is 2.44. The molecule has 2 aliphatic rings. The monoisotopic (exact) mass is 371 g/mol. The number of likely N-dealkylation sites (tertiary alicyclic amines) is 1. The molecule has 2 fully saturated rings. The zero-order valence-electron chi connectivity index (χ0n) is 14.8. The first-order valence-corrected chi connectivity index (χ1v) is 9.23. The van der Waals surface area contributed by atoms with Gasteiger partial charge in [-0.3, -0.25) is 4.90 Å². The van der Waals surface area contributed by atoms with Crippen molar-refractivity contribution >= 4 is 0 Å². The summed E-state index contributed by atoms with van der Waals surface area (Å²) >= 11 is 0. The van der Waals surface area contributed by atoms with Crippen LogP contribution in [0.3, 0.4) is 0 Å². The Kier molecular flexibility index (Phi) is 5.81. The van der Waals surface area contributed by atoms with Gasteiger partial charge >= 0.3 is 0 Å². The maximum Gasteiger partial charge on any atom is 0.162 e. The Labute approximate surface area is 152 Å². The summed E-state index contributed by atoms with van der Waals surface area (Å²) in [6.45, 7) is 0.943. The van der Waals surface area contributed by atoms with Gasteiger partial charge in [0.2, 0.25) is 0 Å². The van der Waals surface area contributed by atoms with Crippen LogP contribution in [0.5, 0.6) is 5.75 Å². The Morgan fingerprint density at radius 2 is 1.85 bits per heavy atom. The molecule has 7 heteroatoms. The molecular formula is C19H27F2NO4. The number of hydrogen-bond donors (Lipinski definition) is 3. The minimum Gasteiger partial charge on any atom is -0.490 e. The molecular weight excluding hydrogens is 344 g/mol. The van der Waals surface area contributed by atoms with Crippen LogP contribution < -0.4 is 4.74 Å². The Morgan fingerprint density at radius 1 is 1.12 bits per heavy atom. The third kappa shape index (κ3) is 4.52. The number of piperidine rings is 1. The van der Waals surface area contributed by atoms with Crippen LogP contribution in [0.15, 0.2) is 18.2 Å². The molecule has 5 nitrogen and oxygen atoms in total. The maximum atomic E-state index is 13.3. The van der Waals surface area contributed by atoms with Crippen molar-refractivity contribution in [2.24, 2.45) is 0 Å². The summed E-state index contributed by atoms with van der Waals surface area (Å²) in [6.07, 6.45) is 3.99. The second kappa shape index (κ2) is 7.76. The highest BCUT2D eigenvalue weighted by atomic mass is 19.2. The van der Waals surface area contributed by atoms with Crippen molar-refractivity contribution in [3.8, 4) is 5.75 Å². The summed E-state index contributed by atoms with van der Waals surface area (Å²) in [5.74, 6) is -1.91. The number of aliphatic hydroxyl groups excluding tert-OH is 1. The number of β-amino-alcohol motifs (C(OH)–C–C–N with tert-alkyl or cyclic N) is 2. The number of ether oxygens (including phenoxy) is 1. The lowest BCUT2D eigenvalue weighted by atomic mass is 9.83. The lowest BCUT2D eigenvalue weighted by molar-refractivity contribution is -0.149. The standard InChI is InChI=1S/C19H27F2NO4/c20-15-5-4-14(10-16(15)21)26-13-19(25)12-22(9-6-17(19)23)11-18(24)7-2-1-3-8-18/h4-5,10,17,23-25H,1-3,6-9,11-13H2/t17-,19-/m0/s1. The third-order valence-electron chi connectivity index (χ3n) is 5.52. The smallest absolute Gasteiger partial charge is 0.162 e. The van der Waals surface area contributed by atoms with E-state index in [1.54, 1.807) is 0 Å². The van der Waals surface area contributed by atoms with E-state index in [9.17, 15) is 24.1 Å². The molecule has 0 spiro atoms. The van der Waals surface area contributed by atoms with Crippen LogP contribution in [-0.2, 0) is 0 Å². The van der Waals surface area contributed by atoms with Crippen molar-refractivity contribution in [1.29, 1.82) is 0 Å². The third-order valence-corrected chi connectivity index (χ3v) is 5.52. The minimum atomic E-state index is -1.53. The van der Waals surface area contributed by atoms with Crippen LogP contribution in [0.25, 0.3) is 0 Å². The lowest BCUT2D eigenvalue weighted by Gasteiger charge is -2.45. The van der Waals surface area contributed by atoms with E-state index in [0.29, 0.717) is 19.5 Å². The van der Waals surface area contributed by atoms with Gasteiger partial charge in [-0.25, -0.2) is 8.78 Å². The molecule has 3 rings (SSSR count). The fourth-order valence-electron chi connectivity index (χ4n) is 3.98. The van der Waals surface area contributed by atoms with Crippen LogP contribution in [0.4, 0.5) is 8.78 Å². The number of rotatable bonds is 5. The Morgan fingerprint density at radius 3 is 2.54 bits per heavy atom. The van der Waals surface area contributed by atoms with Crippen LogP contribution >= 0.6 is 0 Å². The molecule has 0 unspecified atom stereocenters. The summed E-state index contributed by atoms with van der Waals surface area (Å²) < 4.78 is 31.7. The SMILES string of the molecule is O[C@H]1CCN(CC2(O)CCCCC2)C[C@]1(O)COc1ccc(F)c(F)c1. The van der Waals surface area contributed by atoms with Gasteiger partial charge in [-0.05, 0) is 31.4 Å². The van der Waals surface area contributed by atoms with Crippen molar-refractivity contribution in [1.82, 2.24) is 4.90 Å². The molecule has 1 aliphatic heterocycles. The summed E-state index contributed by atoms with van der Waals surface area (Å²) in [4.78, 5) is 1.95. The number of benzene rings is 1. The number of hydrogen-bond acceptors (Lipinski definition) is 5. The summed E-state index contributed by atoms with van der Waals surface area (Å²) in [7, 11) is 0. The Hall–Kier alpha value is -1.28. The van der Waals surface area contributed by atoms with Gasteiger partial charge in [0.1, 0.15) is 18.0 Å². The highest BCUT2D eigenvalue weighted by Crippen LogP contribution is 2.31. The molecule has 0 amide bonds. The first-order valence-electron chi connectivity index (χ1n) is 9.23. The highest BCUT2D eigenvalue weighted by molar-refractivity contribution is 5.23. The van der Waals surface area contributed by atoms with E-state index in [1.165, 1.54) is 6.07 Å². The number of halogens is 2. The topological polar surface area (TPSA) is 73.2 Å². The van der Waals surface area contributed by atoms with Crippen molar-refractivity contribution in [3.63, 3.8) is 0 Å². The fraction of sp³-hybridized carbons (Fsp3) is 0.684. The van der Waals surface area contributed by atoms with Crippen molar-refractivity contribution in [2.75, 3.05) is 26.2 Å². The average molecular weight is 371 g/mol. The van der Waals surface area contributed by atoms with Crippen LogP contribution in [0, 0.1) is 11.6 Å². The molecule has 1 aliphatic carbocycles. The van der Waals surface area contributed by atoms with Gasteiger partial charge in [-0.1, -0.05) is 19.3 Å². The van der Waals surface area contributed by atoms with Gasteiger partial charge in [-0.2, -0.15) is 0 Å². The molecule has 2 atom stereocenters. The van der Waals surface area contributed by atoms with Gasteiger partial charge in [-0.15, -0.1) is 0 Å². The normalized spacial score (nSPS) is 29.5. The molecule has 1 aromatic rings. The van der Waals surface area contributed by atoms with E-state index in [-0.39, 0.29) is 18.9 Å². The summed E-state index contributed by atoms with van der Waals surface area (Å²) in [6, 6.07) is 3.15. The van der Waals surface area contributed by atoms with Crippen molar-refractivity contribution < 1.29 is 28.8 Å². The van der Waals surface area contributed by atoms with Gasteiger partial charge in [0.15, 0.2) is 11.6 Å². The van der Waals surface area contributed by atoms with Crippen molar-refractivity contribution in [2.45, 2.75) is 55.8 Å². The number of aliphatic hydroxyl groups is 3. The predicted octanol–water partition coefficient (Wildman–Crippen LogP) is 1.84. The molecule has 1 saturated carbocycles. The van der Waals surface area contributed by atoms with E-state index in [2.05, 4.69) is 0 Å². The predicted molar refractivity (Wildman–Crippen MR) is 91.9 cm³/mol. The molecule has 3 N–H and O–H groups in total. The molecule has 1 saturated heterocycles. The second-order valence-corrected chi connectivity index (χ2v) is 7.77. The first kappa shape index (κ1) is 19.5. The molecule has 26 heavy (non-hydrogen) atoms. The Balaban J connectivity index is 1.61. The van der Waals surface area contributed by atoms with E-state index < -0.39 is 28.9 Å². The summed E-state index contributed by atoms with van der Waals surface area (Å²) in [5, 5.41) is 31.8. The largest absolute Gasteiger partial charge is 0.490 e.